The Kier molecular flexibility index (Phi) is 3.45. The van der Waals surface area contributed by atoms with E-state index in [0.717, 1.165) is 0 Å². The summed E-state index contributed by atoms with van der Waals surface area (Å²) in [7, 11) is 0. The van der Waals surface area contributed by atoms with Crippen LogP contribution in [0.25, 0.3) is 0 Å². The van der Waals surface area contributed by atoms with Crippen LogP contribution in [-0.2, 0) is 0 Å². The molecule has 0 heterocycles. The molecule has 4 N–H and O–H groups in total. The number of rotatable bonds is 0. The second-order valence-electron chi connectivity index (χ2n) is 4.10. The Bertz CT molecular complexity index is 248. The predicted molar refractivity (Wildman–Crippen MR) is 44.3 cm³/mol. The topological polar surface area (TPSA) is 52.0 Å². The minimum atomic E-state index is -4.74. The monoisotopic (exact) mass is 250 g/mol. The van der Waals surface area contributed by atoms with Crippen LogP contribution in [0.15, 0.2) is 0 Å². The van der Waals surface area contributed by atoms with E-state index in [1.54, 1.807) is 0 Å². The lowest BCUT2D eigenvalue weighted by atomic mass is 9.75. The molecule has 4 unspecified atom stereocenters. The number of alkyl halides is 6. The van der Waals surface area contributed by atoms with Crippen molar-refractivity contribution in [3.05, 3.63) is 0 Å². The lowest BCUT2D eigenvalue weighted by Gasteiger charge is -2.39. The zero-order chi connectivity index (χ0) is 12.7. The number of hydrogen-bond acceptors (Lipinski definition) is 2. The van der Waals surface area contributed by atoms with Gasteiger partial charge in [0.1, 0.15) is 0 Å². The molecular weight excluding hydrogens is 238 g/mol. The number of halogens is 6. The Morgan fingerprint density at radius 2 is 1.31 bits per heavy atom. The molecule has 0 spiro atoms. The Hall–Kier alpha value is -0.500. The summed E-state index contributed by atoms with van der Waals surface area (Å²) < 4.78 is 74.3. The van der Waals surface area contributed by atoms with Crippen molar-refractivity contribution in [3.63, 3.8) is 0 Å². The van der Waals surface area contributed by atoms with Crippen molar-refractivity contribution in [2.24, 2.45) is 23.3 Å². The highest BCUT2D eigenvalue weighted by molar-refractivity contribution is 4.95. The summed E-state index contributed by atoms with van der Waals surface area (Å²) in [5.41, 5.74) is 10.4. The van der Waals surface area contributed by atoms with E-state index in [9.17, 15) is 26.3 Å². The van der Waals surface area contributed by atoms with E-state index in [1.807, 2.05) is 0 Å². The van der Waals surface area contributed by atoms with Crippen LogP contribution in [0.4, 0.5) is 26.3 Å². The van der Waals surface area contributed by atoms with Gasteiger partial charge in [-0.3, -0.25) is 0 Å². The average molecular weight is 250 g/mol. The fourth-order valence-electron chi connectivity index (χ4n) is 1.96. The van der Waals surface area contributed by atoms with Crippen LogP contribution in [0, 0.1) is 11.8 Å². The van der Waals surface area contributed by atoms with Gasteiger partial charge in [0, 0.05) is 12.1 Å². The van der Waals surface area contributed by atoms with Crippen LogP contribution >= 0.6 is 0 Å². The second-order valence-corrected chi connectivity index (χ2v) is 4.10. The van der Waals surface area contributed by atoms with Gasteiger partial charge in [0.05, 0.1) is 11.8 Å². The molecule has 1 rings (SSSR count). The third kappa shape index (κ3) is 2.79. The van der Waals surface area contributed by atoms with Crippen LogP contribution in [-0.4, -0.2) is 24.4 Å². The highest BCUT2D eigenvalue weighted by Crippen LogP contribution is 2.44. The smallest absolute Gasteiger partial charge is 0.326 e. The first-order valence-corrected chi connectivity index (χ1v) is 4.68. The molecule has 1 saturated carbocycles. The summed E-state index contributed by atoms with van der Waals surface area (Å²) in [4.78, 5) is 0. The highest BCUT2D eigenvalue weighted by atomic mass is 19.4. The summed E-state index contributed by atoms with van der Waals surface area (Å²) in [6.07, 6.45) is -11.0. The largest absolute Gasteiger partial charge is 0.393 e. The van der Waals surface area contributed by atoms with Gasteiger partial charge < -0.3 is 11.5 Å². The van der Waals surface area contributed by atoms with Gasteiger partial charge in [-0.1, -0.05) is 0 Å². The first kappa shape index (κ1) is 13.6. The molecule has 0 radical (unpaired) electrons. The molecule has 96 valence electrons. The molecule has 1 aliphatic rings. The van der Waals surface area contributed by atoms with Crippen molar-refractivity contribution in [1.29, 1.82) is 0 Å². The third-order valence-corrected chi connectivity index (χ3v) is 2.94. The Morgan fingerprint density at radius 3 is 1.69 bits per heavy atom. The summed E-state index contributed by atoms with van der Waals surface area (Å²) in [6, 6.07) is -2.73. The maximum atomic E-state index is 12.4. The van der Waals surface area contributed by atoms with Crippen LogP contribution in [0.5, 0.6) is 0 Å². The second kappa shape index (κ2) is 4.06. The third-order valence-electron chi connectivity index (χ3n) is 2.94. The minimum absolute atomic E-state index is 0.544. The summed E-state index contributed by atoms with van der Waals surface area (Å²) in [6.45, 7) is 0. The zero-order valence-electron chi connectivity index (χ0n) is 8.15. The quantitative estimate of drug-likeness (QED) is 0.644. The molecular formula is C8H12F6N2. The molecule has 0 bridgehead atoms. The molecule has 2 nitrogen and oxygen atoms in total. The summed E-state index contributed by atoms with van der Waals surface area (Å²) >= 11 is 0. The van der Waals surface area contributed by atoms with E-state index in [4.69, 9.17) is 11.5 Å². The maximum Gasteiger partial charge on any atom is 0.393 e. The molecule has 4 atom stereocenters. The normalized spacial score (nSPS) is 37.5. The van der Waals surface area contributed by atoms with Crippen molar-refractivity contribution >= 4 is 0 Å². The predicted octanol–water partition coefficient (Wildman–Crippen LogP) is 1.79. The minimum Gasteiger partial charge on any atom is -0.326 e. The maximum absolute atomic E-state index is 12.4. The van der Waals surface area contributed by atoms with Crippen molar-refractivity contribution in [3.8, 4) is 0 Å². The Morgan fingerprint density at radius 1 is 0.812 bits per heavy atom. The zero-order valence-corrected chi connectivity index (χ0v) is 8.15. The molecule has 8 heteroatoms. The van der Waals surface area contributed by atoms with E-state index in [0.29, 0.717) is 0 Å². The van der Waals surface area contributed by atoms with Gasteiger partial charge in [0.25, 0.3) is 0 Å². The molecule has 1 fully saturated rings. The highest BCUT2D eigenvalue weighted by Gasteiger charge is 2.54. The van der Waals surface area contributed by atoms with E-state index in [1.165, 1.54) is 0 Å². The van der Waals surface area contributed by atoms with Gasteiger partial charge in [-0.05, 0) is 12.8 Å². The van der Waals surface area contributed by atoms with Crippen molar-refractivity contribution in [2.45, 2.75) is 37.3 Å². The van der Waals surface area contributed by atoms with Gasteiger partial charge in [-0.25, -0.2) is 0 Å². The first-order valence-electron chi connectivity index (χ1n) is 4.68. The summed E-state index contributed by atoms with van der Waals surface area (Å²) in [5, 5.41) is 0. The molecule has 0 saturated heterocycles. The van der Waals surface area contributed by atoms with Crippen LogP contribution < -0.4 is 11.5 Å². The van der Waals surface area contributed by atoms with E-state index in [2.05, 4.69) is 0 Å². The molecule has 0 amide bonds. The fourth-order valence-corrected chi connectivity index (χ4v) is 1.96. The number of hydrogen-bond donors (Lipinski definition) is 2. The number of nitrogens with two attached hydrogens (primary N) is 2. The molecule has 0 aromatic rings. The molecule has 0 aliphatic heterocycles. The standard InChI is InChI=1S/C8H12F6N2/c9-7(10,11)3-1-4(8(12,13)14)6(16)5(15)2-3/h3-6H,1-2,15-16H2. The van der Waals surface area contributed by atoms with Crippen molar-refractivity contribution in [1.82, 2.24) is 0 Å². The van der Waals surface area contributed by atoms with Gasteiger partial charge in [-0.15, -0.1) is 0 Å². The lowest BCUT2D eigenvalue weighted by molar-refractivity contribution is -0.227. The fraction of sp³-hybridized carbons (Fsp3) is 1.00. The first-order chi connectivity index (χ1) is 7.03. The van der Waals surface area contributed by atoms with Crippen LogP contribution in [0.3, 0.4) is 0 Å². The molecule has 0 aromatic heterocycles. The van der Waals surface area contributed by atoms with Crippen LogP contribution in [0.1, 0.15) is 12.8 Å². The molecule has 0 aromatic carbocycles. The van der Waals surface area contributed by atoms with Crippen molar-refractivity contribution in [2.75, 3.05) is 0 Å². The van der Waals surface area contributed by atoms with Gasteiger partial charge in [0.15, 0.2) is 0 Å². The SMILES string of the molecule is NC1CC(C(F)(F)F)CC(C(F)(F)F)C1N. The average Bonchev–Trinajstić information content (AvgIpc) is 2.05. The van der Waals surface area contributed by atoms with Crippen molar-refractivity contribution < 1.29 is 26.3 Å². The Labute approximate surface area is 88.0 Å². The van der Waals surface area contributed by atoms with Gasteiger partial charge in [-0.2, -0.15) is 26.3 Å². The summed E-state index contributed by atoms with van der Waals surface area (Å²) in [5.74, 6) is -4.20. The van der Waals surface area contributed by atoms with E-state index in [-0.39, 0.29) is 0 Å². The Balaban J connectivity index is 2.86. The molecule has 1 aliphatic carbocycles. The van der Waals surface area contributed by atoms with Gasteiger partial charge in [0.2, 0.25) is 0 Å². The van der Waals surface area contributed by atoms with Crippen LogP contribution in [0.2, 0.25) is 0 Å². The molecule has 16 heavy (non-hydrogen) atoms. The van der Waals surface area contributed by atoms with Gasteiger partial charge >= 0.3 is 12.4 Å². The lowest BCUT2D eigenvalue weighted by Crippen LogP contribution is -2.57. The van der Waals surface area contributed by atoms with E-state index >= 15 is 0 Å². The van der Waals surface area contributed by atoms with E-state index < -0.39 is 49.1 Å².